The summed E-state index contributed by atoms with van der Waals surface area (Å²) >= 11 is 4.63. The first-order valence-corrected chi connectivity index (χ1v) is 6.38. The van der Waals surface area contributed by atoms with E-state index in [9.17, 15) is 0 Å². The second kappa shape index (κ2) is 4.75. The molecule has 1 aromatic heterocycles. The molecule has 0 spiro atoms. The summed E-state index contributed by atoms with van der Waals surface area (Å²) in [6.45, 7) is 2.07. The summed E-state index contributed by atoms with van der Waals surface area (Å²) in [5, 5.41) is 9.70. The molecule has 1 aromatic rings. The number of aromatic nitrogens is 1. The Morgan fingerprint density at radius 2 is 2.42 bits per heavy atom. The Bertz CT molecular complexity index is 300. The lowest BCUT2D eigenvalue weighted by atomic mass is 10.4. The highest BCUT2D eigenvalue weighted by Gasteiger charge is 2.11. The van der Waals surface area contributed by atoms with Crippen LogP contribution < -0.4 is 0 Å². The average Bonchev–Trinajstić information content (AvgIpc) is 2.47. The second-order valence-electron chi connectivity index (χ2n) is 1.90. The first kappa shape index (κ1) is 9.90. The van der Waals surface area contributed by atoms with Gasteiger partial charge in [-0.05, 0) is 23.5 Å². The van der Waals surface area contributed by atoms with Gasteiger partial charge in [-0.3, -0.25) is 0 Å². The topological polar surface area (TPSA) is 36.7 Å². The Morgan fingerprint density at radius 3 is 2.92 bits per heavy atom. The molecule has 1 rings (SSSR count). The molecule has 0 aromatic carbocycles. The van der Waals surface area contributed by atoms with E-state index in [-0.39, 0.29) is 0 Å². The molecule has 0 bridgehead atoms. The van der Waals surface area contributed by atoms with E-state index in [1.165, 1.54) is 23.3 Å². The summed E-state index contributed by atoms with van der Waals surface area (Å²) in [6, 6.07) is 2.19. The van der Waals surface area contributed by atoms with E-state index in [2.05, 4.69) is 17.4 Å². The third-order valence-corrected chi connectivity index (χ3v) is 3.98. The summed E-state index contributed by atoms with van der Waals surface area (Å²) in [5.74, 6) is 0.991. The van der Waals surface area contributed by atoms with E-state index in [4.69, 9.17) is 5.26 Å². The molecule has 2 nitrogen and oxygen atoms in total. The SMILES string of the molecule is CCSc1snc(SC)c1C#N. The van der Waals surface area contributed by atoms with Crippen LogP contribution in [0.15, 0.2) is 9.24 Å². The lowest BCUT2D eigenvalue weighted by Crippen LogP contribution is -1.76. The third kappa shape index (κ3) is 1.94. The predicted octanol–water partition coefficient (Wildman–Crippen LogP) is 2.85. The molecule has 0 unspecified atom stereocenters. The molecule has 0 fully saturated rings. The van der Waals surface area contributed by atoms with E-state index in [0.29, 0.717) is 0 Å². The minimum absolute atomic E-state index is 0.749. The monoisotopic (exact) mass is 216 g/mol. The molecule has 0 aliphatic rings. The van der Waals surface area contributed by atoms with Gasteiger partial charge >= 0.3 is 0 Å². The Hall–Kier alpha value is -0.180. The van der Waals surface area contributed by atoms with Gasteiger partial charge < -0.3 is 0 Å². The van der Waals surface area contributed by atoms with Crippen molar-refractivity contribution in [2.45, 2.75) is 16.2 Å². The maximum atomic E-state index is 8.84. The molecular weight excluding hydrogens is 208 g/mol. The number of nitriles is 1. The largest absolute Gasteiger partial charge is 0.192 e. The van der Waals surface area contributed by atoms with Crippen molar-refractivity contribution in [3.8, 4) is 6.07 Å². The highest BCUT2D eigenvalue weighted by Crippen LogP contribution is 2.32. The van der Waals surface area contributed by atoms with Crippen molar-refractivity contribution < 1.29 is 0 Å². The lowest BCUT2D eigenvalue weighted by molar-refractivity contribution is 1.24. The quantitative estimate of drug-likeness (QED) is 0.728. The molecule has 5 heteroatoms. The molecule has 12 heavy (non-hydrogen) atoms. The van der Waals surface area contributed by atoms with Gasteiger partial charge in [0.15, 0.2) is 0 Å². The Kier molecular flexibility index (Phi) is 3.92. The van der Waals surface area contributed by atoms with Crippen molar-refractivity contribution in [1.82, 2.24) is 4.37 Å². The van der Waals surface area contributed by atoms with Gasteiger partial charge in [0, 0.05) is 0 Å². The van der Waals surface area contributed by atoms with Crippen molar-refractivity contribution in [1.29, 1.82) is 5.26 Å². The summed E-state index contributed by atoms with van der Waals surface area (Å²) in [4.78, 5) is 0. The van der Waals surface area contributed by atoms with Crippen LogP contribution in [0.5, 0.6) is 0 Å². The average molecular weight is 216 g/mol. The standard InChI is InChI=1S/C7H8N2S3/c1-3-11-7-5(4-8)6(10-2)9-12-7/h3H2,1-2H3. The fourth-order valence-corrected chi connectivity index (χ4v) is 3.33. The van der Waals surface area contributed by atoms with Crippen LogP contribution in [0, 0.1) is 11.3 Å². The van der Waals surface area contributed by atoms with Crippen LogP contribution in [0.25, 0.3) is 0 Å². The fourth-order valence-electron chi connectivity index (χ4n) is 0.724. The van der Waals surface area contributed by atoms with Crippen molar-refractivity contribution in [2.24, 2.45) is 0 Å². The molecule has 0 atom stereocenters. The van der Waals surface area contributed by atoms with Gasteiger partial charge in [-0.15, -0.1) is 23.5 Å². The van der Waals surface area contributed by atoms with Gasteiger partial charge in [-0.2, -0.15) is 9.64 Å². The van der Waals surface area contributed by atoms with Crippen molar-refractivity contribution >= 4 is 35.1 Å². The summed E-state index contributed by atoms with van der Waals surface area (Å²) in [5.41, 5.74) is 0.749. The highest BCUT2D eigenvalue weighted by atomic mass is 32.2. The number of nitrogens with zero attached hydrogens (tertiary/aromatic N) is 2. The first-order chi connectivity index (χ1) is 5.83. The van der Waals surface area contributed by atoms with Crippen LogP contribution in [0.1, 0.15) is 12.5 Å². The summed E-state index contributed by atoms with van der Waals surface area (Å²) in [7, 11) is 0. The highest BCUT2D eigenvalue weighted by molar-refractivity contribution is 8.01. The summed E-state index contributed by atoms with van der Waals surface area (Å²) < 4.78 is 5.23. The van der Waals surface area contributed by atoms with Crippen molar-refractivity contribution in [3.63, 3.8) is 0 Å². The third-order valence-electron chi connectivity index (χ3n) is 1.21. The number of rotatable bonds is 3. The molecule has 1 heterocycles. The maximum Gasteiger partial charge on any atom is 0.129 e. The van der Waals surface area contributed by atoms with E-state index in [0.717, 1.165) is 20.6 Å². The number of thioether (sulfide) groups is 2. The minimum atomic E-state index is 0.749. The zero-order valence-corrected chi connectivity index (χ0v) is 9.28. The van der Waals surface area contributed by atoms with Crippen LogP contribution in [0.2, 0.25) is 0 Å². The second-order valence-corrected chi connectivity index (χ2v) is 5.00. The van der Waals surface area contributed by atoms with Gasteiger partial charge in [-0.1, -0.05) is 6.92 Å². The van der Waals surface area contributed by atoms with Crippen molar-refractivity contribution in [2.75, 3.05) is 12.0 Å². The molecule has 0 saturated heterocycles. The van der Waals surface area contributed by atoms with E-state index in [1.807, 2.05) is 6.26 Å². The molecule has 0 aliphatic carbocycles. The van der Waals surface area contributed by atoms with Gasteiger partial charge in [0.1, 0.15) is 16.7 Å². The normalized spacial score (nSPS) is 9.75. The first-order valence-electron chi connectivity index (χ1n) is 3.40. The van der Waals surface area contributed by atoms with Gasteiger partial charge in [0.05, 0.1) is 4.21 Å². The molecule has 64 valence electrons. The summed E-state index contributed by atoms with van der Waals surface area (Å²) in [6.07, 6.45) is 1.94. The number of hydrogen-bond acceptors (Lipinski definition) is 5. The molecule has 0 aliphatic heterocycles. The van der Waals surface area contributed by atoms with Gasteiger partial charge in [0.2, 0.25) is 0 Å². The maximum absolute atomic E-state index is 8.84. The molecule has 0 radical (unpaired) electrons. The minimum Gasteiger partial charge on any atom is -0.192 e. The zero-order chi connectivity index (χ0) is 8.97. The Balaban J connectivity index is 2.99. The van der Waals surface area contributed by atoms with E-state index >= 15 is 0 Å². The fraction of sp³-hybridized carbons (Fsp3) is 0.429. The smallest absolute Gasteiger partial charge is 0.129 e. The van der Waals surface area contributed by atoms with E-state index < -0.39 is 0 Å². The van der Waals surface area contributed by atoms with Crippen LogP contribution in [-0.2, 0) is 0 Å². The lowest BCUT2D eigenvalue weighted by Gasteiger charge is -1.91. The zero-order valence-electron chi connectivity index (χ0n) is 6.83. The van der Waals surface area contributed by atoms with Crippen LogP contribution in [-0.4, -0.2) is 16.4 Å². The molecule has 0 amide bonds. The Labute approximate surface area is 84.5 Å². The van der Waals surface area contributed by atoms with Crippen LogP contribution >= 0.6 is 35.1 Å². The van der Waals surface area contributed by atoms with E-state index in [1.54, 1.807) is 11.8 Å². The number of hydrogen-bond donors (Lipinski definition) is 0. The molecule has 0 saturated carbocycles. The molecule has 0 N–H and O–H groups in total. The van der Waals surface area contributed by atoms with Gasteiger partial charge in [-0.25, -0.2) is 0 Å². The van der Waals surface area contributed by atoms with Crippen LogP contribution in [0.4, 0.5) is 0 Å². The Morgan fingerprint density at radius 1 is 1.67 bits per heavy atom. The van der Waals surface area contributed by atoms with Crippen molar-refractivity contribution in [3.05, 3.63) is 5.56 Å². The predicted molar refractivity (Wildman–Crippen MR) is 55.0 cm³/mol. The van der Waals surface area contributed by atoms with Gasteiger partial charge in [0.25, 0.3) is 0 Å². The van der Waals surface area contributed by atoms with Crippen LogP contribution in [0.3, 0.4) is 0 Å². The molecular formula is C7H8N2S3.